The van der Waals surface area contributed by atoms with Gasteiger partial charge in [-0.05, 0) is 69.3 Å². The molecule has 1 heterocycles. The Bertz CT molecular complexity index is 1890. The van der Waals surface area contributed by atoms with Gasteiger partial charge in [-0.2, -0.15) is 5.10 Å². The van der Waals surface area contributed by atoms with Crippen molar-refractivity contribution in [3.05, 3.63) is 108 Å². The monoisotopic (exact) mass is 677 g/mol. The number of rotatable bonds is 10. The van der Waals surface area contributed by atoms with E-state index in [1.54, 1.807) is 18.2 Å². The van der Waals surface area contributed by atoms with E-state index >= 15 is 0 Å². The zero-order valence-corrected chi connectivity index (χ0v) is 26.9. The van der Waals surface area contributed by atoms with Gasteiger partial charge >= 0.3 is 0 Å². The summed E-state index contributed by atoms with van der Waals surface area (Å²) in [5, 5.41) is 16.7. The molecule has 1 aromatic heterocycles. The van der Waals surface area contributed by atoms with Crippen LogP contribution in [0.5, 0.6) is 5.75 Å². The molecule has 11 nitrogen and oxygen atoms in total. The number of nitrogens with zero attached hydrogens (tertiary/aromatic N) is 4. The second-order valence-corrected chi connectivity index (χ2v) is 12.8. The number of hydrogen-bond donors (Lipinski definition) is 1. The fraction of sp³-hybridized carbons (Fsp3) is 0.172. The lowest BCUT2D eigenvalue weighted by Crippen LogP contribution is -2.39. The van der Waals surface area contributed by atoms with E-state index in [0.29, 0.717) is 15.6 Å². The van der Waals surface area contributed by atoms with Gasteiger partial charge in [0.2, 0.25) is 0 Å². The number of halogens is 3. The highest BCUT2D eigenvalue weighted by atomic mass is 35.5. The summed E-state index contributed by atoms with van der Waals surface area (Å²) in [6.07, 6.45) is 1.42. The fourth-order valence-corrected chi connectivity index (χ4v) is 6.68. The number of sulfonamides is 1. The van der Waals surface area contributed by atoms with Crippen LogP contribution in [0.1, 0.15) is 22.5 Å². The number of aryl methyl sites for hydroxylation is 2. The van der Waals surface area contributed by atoms with Crippen molar-refractivity contribution in [2.24, 2.45) is 5.10 Å². The Kier molecular flexibility index (Phi) is 9.89. The van der Waals surface area contributed by atoms with Gasteiger partial charge in [-0.25, -0.2) is 13.8 Å². The molecule has 0 bridgehead atoms. The second kappa shape index (κ2) is 13.3. The summed E-state index contributed by atoms with van der Waals surface area (Å²) >= 11 is 18.5. The van der Waals surface area contributed by atoms with E-state index in [0.717, 1.165) is 27.4 Å². The number of benzene rings is 3. The van der Waals surface area contributed by atoms with Gasteiger partial charge in [0.1, 0.15) is 12.3 Å². The number of carbonyl (C=O) groups excluding carboxylic acids is 1. The molecule has 3 aromatic carbocycles. The summed E-state index contributed by atoms with van der Waals surface area (Å²) in [6.45, 7) is 4.47. The zero-order valence-electron chi connectivity index (χ0n) is 23.8. The number of nitrogens with one attached hydrogen (secondary N) is 1. The molecule has 0 saturated carbocycles. The maximum absolute atomic E-state index is 13.9. The van der Waals surface area contributed by atoms with Gasteiger partial charge in [-0.15, -0.1) is 0 Å². The van der Waals surface area contributed by atoms with Crippen LogP contribution in [0.3, 0.4) is 0 Å². The van der Waals surface area contributed by atoms with Gasteiger partial charge in [-0.3, -0.25) is 19.2 Å². The van der Waals surface area contributed by atoms with Crippen molar-refractivity contribution in [3.8, 4) is 11.4 Å². The molecule has 44 heavy (non-hydrogen) atoms. The van der Waals surface area contributed by atoms with Crippen LogP contribution in [0.2, 0.25) is 15.1 Å². The zero-order chi connectivity index (χ0) is 32.3. The van der Waals surface area contributed by atoms with Crippen molar-refractivity contribution < 1.29 is 22.9 Å². The van der Waals surface area contributed by atoms with E-state index in [1.807, 2.05) is 24.5 Å². The Morgan fingerprint density at radius 1 is 1.02 bits per heavy atom. The van der Waals surface area contributed by atoms with Gasteiger partial charge in [0, 0.05) is 49.3 Å². The predicted molar refractivity (Wildman–Crippen MR) is 171 cm³/mol. The van der Waals surface area contributed by atoms with Crippen LogP contribution in [0, 0.1) is 30.9 Å². The number of amides is 1. The first-order chi connectivity index (χ1) is 20.7. The van der Waals surface area contributed by atoms with Crippen LogP contribution in [0.15, 0.2) is 70.7 Å². The molecule has 1 N–H and O–H groups in total. The van der Waals surface area contributed by atoms with Crippen LogP contribution in [0.25, 0.3) is 5.69 Å². The summed E-state index contributed by atoms with van der Waals surface area (Å²) in [5.74, 6) is -0.701. The van der Waals surface area contributed by atoms with Gasteiger partial charge in [0.05, 0.1) is 28.8 Å². The van der Waals surface area contributed by atoms with E-state index in [9.17, 15) is 23.3 Å². The summed E-state index contributed by atoms with van der Waals surface area (Å²) in [7, 11) is -3.22. The van der Waals surface area contributed by atoms with Crippen molar-refractivity contribution in [1.29, 1.82) is 0 Å². The summed E-state index contributed by atoms with van der Waals surface area (Å²) in [4.78, 5) is 23.6. The van der Waals surface area contributed by atoms with Gasteiger partial charge < -0.3 is 9.30 Å². The minimum absolute atomic E-state index is 0.0499. The Labute approximate surface area is 268 Å². The first kappa shape index (κ1) is 32.8. The van der Waals surface area contributed by atoms with Crippen molar-refractivity contribution in [1.82, 2.24) is 9.99 Å². The van der Waals surface area contributed by atoms with E-state index in [2.05, 4.69) is 10.5 Å². The fourth-order valence-electron chi connectivity index (χ4n) is 4.55. The van der Waals surface area contributed by atoms with Crippen LogP contribution < -0.4 is 14.5 Å². The molecule has 4 rings (SSSR count). The van der Waals surface area contributed by atoms with E-state index in [-0.39, 0.29) is 22.0 Å². The highest BCUT2D eigenvalue weighted by Crippen LogP contribution is 2.36. The Morgan fingerprint density at radius 2 is 1.70 bits per heavy atom. The Morgan fingerprint density at radius 3 is 2.34 bits per heavy atom. The molecule has 4 aromatic rings. The number of aromatic nitrogens is 1. The predicted octanol–water partition coefficient (Wildman–Crippen LogP) is 6.63. The minimum Gasteiger partial charge on any atom is -0.495 e. The molecule has 0 spiro atoms. The molecule has 0 atom stereocenters. The van der Waals surface area contributed by atoms with Crippen molar-refractivity contribution in [2.75, 3.05) is 18.0 Å². The van der Waals surface area contributed by atoms with Crippen molar-refractivity contribution in [3.63, 3.8) is 0 Å². The molecule has 15 heteroatoms. The molecule has 1 amide bonds. The lowest BCUT2D eigenvalue weighted by Gasteiger charge is -2.25. The molecule has 0 fully saturated rings. The van der Waals surface area contributed by atoms with E-state index in [4.69, 9.17) is 39.5 Å². The molecular formula is C29H26Cl3N5O6S. The maximum Gasteiger partial charge on any atom is 0.273 e. The first-order valence-electron chi connectivity index (χ1n) is 12.8. The first-order valence-corrected chi connectivity index (χ1v) is 15.4. The van der Waals surface area contributed by atoms with E-state index in [1.165, 1.54) is 50.6 Å². The van der Waals surface area contributed by atoms with Gasteiger partial charge in [0.25, 0.3) is 21.6 Å². The number of hydrazone groups is 1. The Hall–Kier alpha value is -4.10. The number of carbonyl (C=O) groups is 1. The van der Waals surface area contributed by atoms with Gasteiger partial charge in [-0.1, -0.05) is 40.9 Å². The second-order valence-electron chi connectivity index (χ2n) is 9.62. The topological polar surface area (TPSA) is 136 Å². The summed E-state index contributed by atoms with van der Waals surface area (Å²) in [6, 6.07) is 14.7. The molecule has 230 valence electrons. The summed E-state index contributed by atoms with van der Waals surface area (Å²) in [5.41, 5.74) is 5.23. The largest absolute Gasteiger partial charge is 0.495 e. The number of nitro groups is 1. The Balaban J connectivity index is 1.65. The maximum atomic E-state index is 13.9. The molecule has 0 aliphatic carbocycles. The third-order valence-corrected chi connectivity index (χ3v) is 9.06. The highest BCUT2D eigenvalue weighted by molar-refractivity contribution is 7.92. The minimum atomic E-state index is -4.54. The molecule has 0 aliphatic rings. The number of anilines is 1. The number of ether oxygens (including phenoxy) is 1. The van der Waals surface area contributed by atoms with Crippen molar-refractivity contribution >= 4 is 68.3 Å². The molecule has 0 saturated heterocycles. The third-order valence-electron chi connectivity index (χ3n) is 6.63. The van der Waals surface area contributed by atoms with Crippen LogP contribution in [-0.4, -0.2) is 43.7 Å². The van der Waals surface area contributed by atoms with Crippen molar-refractivity contribution in [2.45, 2.75) is 25.7 Å². The smallest absolute Gasteiger partial charge is 0.273 e. The van der Waals surface area contributed by atoms with Gasteiger partial charge in [0.15, 0.2) is 0 Å². The number of hydrogen-bond acceptors (Lipinski definition) is 7. The molecule has 0 aliphatic heterocycles. The number of methoxy groups -OCH3 is 1. The van der Waals surface area contributed by atoms with Crippen LogP contribution in [-0.2, 0) is 14.8 Å². The third kappa shape index (κ3) is 6.99. The van der Waals surface area contributed by atoms with Crippen LogP contribution >= 0.6 is 34.8 Å². The average molecular weight is 679 g/mol. The van der Waals surface area contributed by atoms with Crippen LogP contribution in [0.4, 0.5) is 11.4 Å². The van der Waals surface area contributed by atoms with E-state index < -0.39 is 38.0 Å². The lowest BCUT2D eigenvalue weighted by atomic mass is 10.2. The lowest BCUT2D eigenvalue weighted by molar-refractivity contribution is -0.385. The molecule has 0 unspecified atom stereocenters. The summed E-state index contributed by atoms with van der Waals surface area (Å²) < 4.78 is 35.7. The molecular weight excluding hydrogens is 653 g/mol. The SMILES string of the molecule is COc1ccc(Cl)cc1N(CC(=O)N/N=C\c1cc(C)n(-c2cc(Cl)cc(Cl)c2)c1C)S(=O)(=O)c1ccc(C)c([N+](=O)[O-])c1. The quantitative estimate of drug-likeness (QED) is 0.114. The highest BCUT2D eigenvalue weighted by Gasteiger charge is 2.31. The molecule has 0 radical (unpaired) electrons. The normalized spacial score (nSPS) is 11.5. The standard InChI is InChI=1S/C29H26Cl3N5O6S/c1-17-5-7-25(14-26(17)37(39)40)44(41,42)35(27-13-21(30)6-8-28(27)43-4)16-29(38)34-33-15-20-9-18(2)36(19(20)3)24-11-22(31)10-23(32)12-24/h5-15H,16H2,1-4H3,(H,34,38)/b33-15-. The average Bonchev–Trinajstić information content (AvgIpc) is 3.23. The number of nitro benzene ring substituents is 1.